The van der Waals surface area contributed by atoms with E-state index >= 15 is 0 Å². The summed E-state index contributed by atoms with van der Waals surface area (Å²) in [7, 11) is 3.06. The summed E-state index contributed by atoms with van der Waals surface area (Å²) in [4.78, 5) is 12.3. The van der Waals surface area contributed by atoms with Gasteiger partial charge in [0.2, 0.25) is 0 Å². The molecule has 7 heteroatoms. The molecule has 1 heterocycles. The van der Waals surface area contributed by atoms with Gasteiger partial charge < -0.3 is 15.2 Å². The van der Waals surface area contributed by atoms with Crippen molar-refractivity contribution in [3.05, 3.63) is 35.7 Å². The smallest absolute Gasteiger partial charge is 0.188 e. The number of hydrogen-bond acceptors (Lipinski definition) is 6. The number of Topliss-reactive ketones (excluding diaryl/α,β-unsaturated/α-hetero) is 1. The van der Waals surface area contributed by atoms with E-state index in [1.807, 2.05) is 0 Å². The Labute approximate surface area is 116 Å². The molecular weight excluding hydrogens is 260 g/mol. The van der Waals surface area contributed by atoms with Gasteiger partial charge in [-0.15, -0.1) is 5.10 Å². The average molecular weight is 276 g/mol. The van der Waals surface area contributed by atoms with E-state index in [1.54, 1.807) is 31.5 Å². The van der Waals surface area contributed by atoms with Gasteiger partial charge in [-0.1, -0.05) is 5.21 Å². The monoisotopic (exact) mass is 276 g/mol. The van der Waals surface area contributed by atoms with E-state index < -0.39 is 0 Å². The van der Waals surface area contributed by atoms with Crippen LogP contribution >= 0.6 is 0 Å². The third kappa shape index (κ3) is 2.94. The Bertz CT molecular complexity index is 609. The summed E-state index contributed by atoms with van der Waals surface area (Å²) >= 11 is 0. The molecule has 0 aliphatic heterocycles. The molecule has 0 amide bonds. The molecule has 0 unspecified atom stereocenters. The van der Waals surface area contributed by atoms with Crippen molar-refractivity contribution >= 4 is 5.78 Å². The topological polar surface area (TPSA) is 92.3 Å². The average Bonchev–Trinajstić information content (AvgIpc) is 2.94. The zero-order valence-corrected chi connectivity index (χ0v) is 11.4. The highest BCUT2D eigenvalue weighted by molar-refractivity contribution is 5.98. The van der Waals surface area contributed by atoms with E-state index in [2.05, 4.69) is 10.3 Å². The Kier molecular flexibility index (Phi) is 4.31. The Balaban J connectivity index is 2.23. The fraction of sp³-hybridized carbons (Fsp3) is 0.308. The van der Waals surface area contributed by atoms with E-state index in [0.29, 0.717) is 22.8 Å². The molecule has 0 aliphatic rings. The zero-order chi connectivity index (χ0) is 14.5. The number of benzene rings is 1. The summed E-state index contributed by atoms with van der Waals surface area (Å²) in [6.07, 6.45) is 1.64. The minimum atomic E-state index is -0.144. The fourth-order valence-corrected chi connectivity index (χ4v) is 1.77. The second kappa shape index (κ2) is 6.16. The number of carbonyl (C=O) groups excluding carboxylic acids is 1. The van der Waals surface area contributed by atoms with E-state index in [4.69, 9.17) is 15.2 Å². The third-order valence-electron chi connectivity index (χ3n) is 2.81. The maximum Gasteiger partial charge on any atom is 0.188 e. The van der Waals surface area contributed by atoms with Crippen LogP contribution in [0.3, 0.4) is 0 Å². The second-order valence-corrected chi connectivity index (χ2v) is 4.10. The van der Waals surface area contributed by atoms with Crippen molar-refractivity contribution in [3.8, 4) is 11.5 Å². The highest BCUT2D eigenvalue weighted by atomic mass is 16.5. The number of nitrogens with two attached hydrogens (primary N) is 1. The van der Waals surface area contributed by atoms with Crippen LogP contribution in [0.2, 0.25) is 0 Å². The molecule has 106 valence electrons. The number of hydrogen-bond donors (Lipinski definition) is 1. The normalized spacial score (nSPS) is 10.3. The molecule has 7 nitrogen and oxygen atoms in total. The van der Waals surface area contributed by atoms with Crippen molar-refractivity contribution < 1.29 is 14.3 Å². The first-order valence-electron chi connectivity index (χ1n) is 6.02. The minimum absolute atomic E-state index is 0.0660. The lowest BCUT2D eigenvalue weighted by Gasteiger charge is -2.09. The molecule has 0 spiro atoms. The lowest BCUT2D eigenvalue weighted by Crippen LogP contribution is -2.12. The first-order valence-corrected chi connectivity index (χ1v) is 6.02. The first-order chi connectivity index (χ1) is 9.67. The van der Waals surface area contributed by atoms with Crippen molar-refractivity contribution in [2.45, 2.75) is 13.1 Å². The van der Waals surface area contributed by atoms with E-state index in [1.165, 1.54) is 11.8 Å². The van der Waals surface area contributed by atoms with Crippen LogP contribution in [-0.2, 0) is 13.1 Å². The predicted octanol–water partition coefficient (Wildman–Crippen LogP) is 0.637. The van der Waals surface area contributed by atoms with Crippen molar-refractivity contribution in [1.82, 2.24) is 15.0 Å². The zero-order valence-electron chi connectivity index (χ0n) is 11.4. The molecule has 0 atom stereocenters. The second-order valence-electron chi connectivity index (χ2n) is 4.10. The van der Waals surface area contributed by atoms with Crippen LogP contribution in [0, 0.1) is 0 Å². The van der Waals surface area contributed by atoms with Crippen LogP contribution < -0.4 is 15.2 Å². The number of nitrogens with zero attached hydrogens (tertiary/aromatic N) is 3. The Morgan fingerprint density at radius 1 is 1.35 bits per heavy atom. The van der Waals surface area contributed by atoms with Crippen LogP contribution in [0.1, 0.15) is 16.1 Å². The van der Waals surface area contributed by atoms with Crippen LogP contribution in [0.4, 0.5) is 0 Å². The van der Waals surface area contributed by atoms with E-state index in [0.717, 1.165) is 0 Å². The maximum absolute atomic E-state index is 12.3. The van der Waals surface area contributed by atoms with Gasteiger partial charge in [0.25, 0.3) is 0 Å². The standard InChI is InChI=1S/C13H16N4O3/c1-19-10-3-4-13(20-2)11(5-10)12(18)8-17-7-9(6-14)15-16-17/h3-5,7H,6,8,14H2,1-2H3. The van der Waals surface area contributed by atoms with E-state index in [-0.39, 0.29) is 18.9 Å². The summed E-state index contributed by atoms with van der Waals surface area (Å²) < 4.78 is 11.8. The number of methoxy groups -OCH3 is 2. The molecule has 2 aromatic rings. The predicted molar refractivity (Wildman–Crippen MR) is 71.8 cm³/mol. The summed E-state index contributed by atoms with van der Waals surface area (Å²) in [5.74, 6) is 0.944. The van der Waals surface area contributed by atoms with Gasteiger partial charge in [0.1, 0.15) is 18.0 Å². The Hall–Kier alpha value is -2.41. The SMILES string of the molecule is COc1ccc(OC)c(C(=O)Cn2cc(CN)nn2)c1. The first kappa shape index (κ1) is 14.0. The molecule has 2 N–H and O–H groups in total. The number of rotatable bonds is 6. The quantitative estimate of drug-likeness (QED) is 0.778. The summed E-state index contributed by atoms with van der Waals surface area (Å²) in [5.41, 5.74) is 6.53. The van der Waals surface area contributed by atoms with Crippen LogP contribution in [-0.4, -0.2) is 35.0 Å². The highest BCUT2D eigenvalue weighted by Crippen LogP contribution is 2.24. The molecule has 0 fully saturated rings. The van der Waals surface area contributed by atoms with Crippen molar-refractivity contribution in [1.29, 1.82) is 0 Å². The van der Waals surface area contributed by atoms with Crippen LogP contribution in [0.5, 0.6) is 11.5 Å². The highest BCUT2D eigenvalue weighted by Gasteiger charge is 2.15. The molecule has 0 saturated carbocycles. The van der Waals surface area contributed by atoms with Crippen molar-refractivity contribution in [2.24, 2.45) is 5.73 Å². The largest absolute Gasteiger partial charge is 0.497 e. The summed E-state index contributed by atoms with van der Waals surface area (Å²) in [6.45, 7) is 0.354. The van der Waals surface area contributed by atoms with E-state index in [9.17, 15) is 4.79 Å². The fourth-order valence-electron chi connectivity index (χ4n) is 1.77. The molecule has 0 saturated heterocycles. The summed E-state index contributed by atoms with van der Waals surface area (Å²) in [6, 6.07) is 5.07. The lowest BCUT2D eigenvalue weighted by molar-refractivity contribution is 0.0963. The molecular formula is C13H16N4O3. The third-order valence-corrected chi connectivity index (χ3v) is 2.81. The van der Waals surface area contributed by atoms with Crippen LogP contribution in [0.15, 0.2) is 24.4 Å². The number of ketones is 1. The Morgan fingerprint density at radius 2 is 2.15 bits per heavy atom. The maximum atomic E-state index is 12.3. The minimum Gasteiger partial charge on any atom is -0.497 e. The molecule has 1 aromatic heterocycles. The summed E-state index contributed by atoms with van der Waals surface area (Å²) in [5, 5.41) is 7.68. The lowest BCUT2D eigenvalue weighted by atomic mass is 10.1. The molecule has 20 heavy (non-hydrogen) atoms. The van der Waals surface area contributed by atoms with Crippen molar-refractivity contribution in [2.75, 3.05) is 14.2 Å². The van der Waals surface area contributed by atoms with Gasteiger partial charge in [0.15, 0.2) is 5.78 Å². The number of carbonyl (C=O) groups is 1. The van der Waals surface area contributed by atoms with Crippen molar-refractivity contribution in [3.63, 3.8) is 0 Å². The van der Waals surface area contributed by atoms with Gasteiger partial charge >= 0.3 is 0 Å². The van der Waals surface area contributed by atoms with Gasteiger partial charge in [-0.2, -0.15) is 0 Å². The Morgan fingerprint density at radius 3 is 2.75 bits per heavy atom. The number of ether oxygens (including phenoxy) is 2. The molecule has 1 aromatic carbocycles. The van der Waals surface area contributed by atoms with Gasteiger partial charge in [0, 0.05) is 6.54 Å². The van der Waals surface area contributed by atoms with Gasteiger partial charge in [-0.25, -0.2) is 4.68 Å². The number of aromatic nitrogens is 3. The molecule has 0 radical (unpaired) electrons. The van der Waals surface area contributed by atoms with Crippen LogP contribution in [0.25, 0.3) is 0 Å². The van der Waals surface area contributed by atoms with Gasteiger partial charge in [-0.3, -0.25) is 4.79 Å². The molecule has 0 bridgehead atoms. The van der Waals surface area contributed by atoms with Gasteiger partial charge in [-0.05, 0) is 18.2 Å². The van der Waals surface area contributed by atoms with Gasteiger partial charge in [0.05, 0.1) is 31.7 Å². The molecule has 2 rings (SSSR count). The molecule has 0 aliphatic carbocycles.